The van der Waals surface area contributed by atoms with E-state index in [4.69, 9.17) is 21.1 Å². The second-order valence-corrected chi connectivity index (χ2v) is 8.40. The van der Waals surface area contributed by atoms with Crippen LogP contribution in [0, 0.1) is 17.7 Å². The molecule has 29 heavy (non-hydrogen) atoms. The molecule has 9 heteroatoms. The molecule has 1 aromatic carbocycles. The van der Waals surface area contributed by atoms with Crippen molar-refractivity contribution in [3.8, 4) is 5.75 Å². The number of carbonyl (C=O) groups excluding carboxylic acids is 2. The summed E-state index contributed by atoms with van der Waals surface area (Å²) in [5.41, 5.74) is 0. The molecule has 1 saturated heterocycles. The van der Waals surface area contributed by atoms with Gasteiger partial charge in [-0.1, -0.05) is 11.6 Å². The minimum Gasteiger partial charge on any atom is -0.484 e. The number of fused-ring (bicyclic) bond motifs is 1. The highest BCUT2D eigenvalue weighted by Crippen LogP contribution is 2.47. The van der Waals surface area contributed by atoms with Crippen molar-refractivity contribution < 1.29 is 23.5 Å². The summed E-state index contributed by atoms with van der Waals surface area (Å²) in [6.45, 7) is 2.06. The fraction of sp³-hybridized carbons (Fsp3) is 0.600. The number of amides is 2. The lowest BCUT2D eigenvalue weighted by molar-refractivity contribution is -0.125. The smallest absolute Gasteiger partial charge is 0.258 e. The average molecular weight is 426 g/mol. The molecule has 1 aromatic rings. The van der Waals surface area contributed by atoms with Crippen molar-refractivity contribution in [1.82, 2.24) is 16.0 Å². The molecular weight excluding hydrogens is 401 g/mol. The number of nitrogens with one attached hydrogen (secondary N) is 3. The van der Waals surface area contributed by atoms with E-state index in [1.807, 2.05) is 6.92 Å². The van der Waals surface area contributed by atoms with Crippen LogP contribution in [0.15, 0.2) is 18.2 Å². The molecule has 6 atom stereocenters. The minimum absolute atomic E-state index is 0.00214. The van der Waals surface area contributed by atoms with Gasteiger partial charge in [0.2, 0.25) is 5.91 Å². The predicted molar refractivity (Wildman–Crippen MR) is 104 cm³/mol. The first-order valence-corrected chi connectivity index (χ1v) is 10.3. The van der Waals surface area contributed by atoms with Gasteiger partial charge in [0.25, 0.3) is 5.91 Å². The van der Waals surface area contributed by atoms with E-state index in [1.165, 1.54) is 12.1 Å². The maximum atomic E-state index is 13.5. The van der Waals surface area contributed by atoms with E-state index < -0.39 is 5.82 Å². The largest absolute Gasteiger partial charge is 0.484 e. The highest BCUT2D eigenvalue weighted by molar-refractivity contribution is 6.30. The first-order chi connectivity index (χ1) is 13.9. The summed E-state index contributed by atoms with van der Waals surface area (Å²) >= 11 is 5.64. The van der Waals surface area contributed by atoms with Gasteiger partial charge >= 0.3 is 0 Å². The highest BCUT2D eigenvalue weighted by atomic mass is 35.5. The van der Waals surface area contributed by atoms with Gasteiger partial charge in [-0.3, -0.25) is 14.9 Å². The van der Waals surface area contributed by atoms with Gasteiger partial charge in [0.15, 0.2) is 6.61 Å². The molecule has 2 amide bonds. The SMILES string of the molecule is CC1OCNC1C(=O)NC1C[C@H](NC(=O)COc2ccc(Cl)c(F)c2)C2CCC12. The zero-order chi connectivity index (χ0) is 20.5. The van der Waals surface area contributed by atoms with E-state index in [-0.39, 0.29) is 53.4 Å². The quantitative estimate of drug-likeness (QED) is 0.644. The van der Waals surface area contributed by atoms with Crippen molar-refractivity contribution >= 4 is 23.4 Å². The van der Waals surface area contributed by atoms with Crippen LogP contribution in [0.4, 0.5) is 4.39 Å². The van der Waals surface area contributed by atoms with E-state index in [2.05, 4.69) is 16.0 Å². The Morgan fingerprint density at radius 2 is 2.00 bits per heavy atom. The molecule has 5 unspecified atom stereocenters. The summed E-state index contributed by atoms with van der Waals surface area (Å²) < 4.78 is 24.2. The van der Waals surface area contributed by atoms with Gasteiger partial charge < -0.3 is 20.1 Å². The van der Waals surface area contributed by atoms with E-state index in [1.54, 1.807) is 0 Å². The fourth-order valence-electron chi connectivity index (χ4n) is 4.58. The van der Waals surface area contributed by atoms with Crippen molar-refractivity contribution in [3.63, 3.8) is 0 Å². The van der Waals surface area contributed by atoms with Gasteiger partial charge in [-0.15, -0.1) is 0 Å². The van der Waals surface area contributed by atoms with Gasteiger partial charge in [-0.05, 0) is 50.2 Å². The Labute approximate surface area is 173 Å². The maximum absolute atomic E-state index is 13.5. The van der Waals surface area contributed by atoms with Gasteiger partial charge in [-0.2, -0.15) is 0 Å². The maximum Gasteiger partial charge on any atom is 0.258 e. The molecule has 0 aromatic heterocycles. The second-order valence-electron chi connectivity index (χ2n) is 7.99. The van der Waals surface area contributed by atoms with E-state index in [0.717, 1.165) is 18.9 Å². The molecular formula is C20H25ClFN3O4. The van der Waals surface area contributed by atoms with E-state index in [9.17, 15) is 14.0 Å². The van der Waals surface area contributed by atoms with Gasteiger partial charge in [-0.25, -0.2) is 4.39 Å². The molecule has 158 valence electrons. The summed E-state index contributed by atoms with van der Waals surface area (Å²) in [6.07, 6.45) is 2.63. The zero-order valence-corrected chi connectivity index (χ0v) is 16.9. The molecule has 0 bridgehead atoms. The molecule has 4 rings (SSSR count). The first kappa shape index (κ1) is 20.4. The number of halogens is 2. The molecule has 0 spiro atoms. The third-order valence-electron chi connectivity index (χ3n) is 6.26. The van der Waals surface area contributed by atoms with Gasteiger partial charge in [0.05, 0.1) is 17.9 Å². The fourth-order valence-corrected chi connectivity index (χ4v) is 4.70. The first-order valence-electron chi connectivity index (χ1n) is 9.95. The Morgan fingerprint density at radius 1 is 1.28 bits per heavy atom. The summed E-state index contributed by atoms with van der Waals surface area (Å²) in [5, 5.41) is 9.21. The van der Waals surface area contributed by atoms with Crippen molar-refractivity contribution in [1.29, 1.82) is 0 Å². The summed E-state index contributed by atoms with van der Waals surface area (Å²) in [7, 11) is 0. The molecule has 7 nitrogen and oxygen atoms in total. The Balaban J connectivity index is 1.27. The summed E-state index contributed by atoms with van der Waals surface area (Å²) in [6, 6.07) is 3.77. The number of hydrogen-bond donors (Lipinski definition) is 3. The van der Waals surface area contributed by atoms with Crippen molar-refractivity contribution in [2.75, 3.05) is 13.3 Å². The summed E-state index contributed by atoms with van der Waals surface area (Å²) in [4.78, 5) is 24.8. The Morgan fingerprint density at radius 3 is 2.62 bits per heavy atom. The molecule has 3 fully saturated rings. The topological polar surface area (TPSA) is 88.7 Å². The van der Waals surface area contributed by atoms with Crippen LogP contribution in [0.25, 0.3) is 0 Å². The molecule has 0 radical (unpaired) electrons. The van der Waals surface area contributed by atoms with Crippen molar-refractivity contribution in [3.05, 3.63) is 29.0 Å². The lowest BCUT2D eigenvalue weighted by atomic mass is 9.73. The Hall–Kier alpha value is -1.90. The minimum atomic E-state index is -0.590. The monoisotopic (exact) mass is 425 g/mol. The molecule has 2 saturated carbocycles. The van der Waals surface area contributed by atoms with Crippen LogP contribution in [0.5, 0.6) is 5.75 Å². The molecule has 2 aliphatic carbocycles. The van der Waals surface area contributed by atoms with Crippen LogP contribution < -0.4 is 20.7 Å². The third-order valence-corrected chi connectivity index (χ3v) is 6.57. The molecule has 1 heterocycles. The lowest BCUT2D eigenvalue weighted by Crippen LogP contribution is -2.50. The van der Waals surface area contributed by atoms with Crippen LogP contribution >= 0.6 is 11.6 Å². The highest BCUT2D eigenvalue weighted by Gasteiger charge is 2.50. The number of benzene rings is 1. The van der Waals surface area contributed by atoms with Gasteiger partial charge in [0.1, 0.15) is 17.6 Å². The third kappa shape index (κ3) is 4.34. The van der Waals surface area contributed by atoms with Crippen LogP contribution in [-0.4, -0.2) is 49.4 Å². The summed E-state index contributed by atoms with van der Waals surface area (Å²) in [5.74, 6) is 0.0945. The predicted octanol–water partition coefficient (Wildman–Crippen LogP) is 1.59. The van der Waals surface area contributed by atoms with Crippen LogP contribution in [-0.2, 0) is 14.3 Å². The molecule has 1 aliphatic heterocycles. The van der Waals surface area contributed by atoms with Crippen molar-refractivity contribution in [2.45, 2.75) is 50.4 Å². The Bertz CT molecular complexity index is 795. The molecule has 3 aliphatic rings. The van der Waals surface area contributed by atoms with Crippen LogP contribution in [0.3, 0.4) is 0 Å². The number of carbonyl (C=O) groups is 2. The Kier molecular flexibility index (Phi) is 5.94. The van der Waals surface area contributed by atoms with E-state index in [0.29, 0.717) is 25.0 Å². The van der Waals surface area contributed by atoms with Crippen LogP contribution in [0.1, 0.15) is 26.2 Å². The lowest BCUT2D eigenvalue weighted by Gasteiger charge is -2.36. The number of rotatable bonds is 6. The normalized spacial score (nSPS) is 32.9. The number of hydrogen-bond acceptors (Lipinski definition) is 5. The van der Waals surface area contributed by atoms with Gasteiger partial charge in [0, 0.05) is 18.2 Å². The van der Waals surface area contributed by atoms with E-state index >= 15 is 0 Å². The van der Waals surface area contributed by atoms with Crippen molar-refractivity contribution in [2.24, 2.45) is 11.8 Å². The average Bonchev–Trinajstić information content (AvgIpc) is 3.16. The molecule has 3 N–H and O–H groups in total. The zero-order valence-electron chi connectivity index (χ0n) is 16.1. The second kappa shape index (κ2) is 8.45. The number of ether oxygens (including phenoxy) is 2. The standard InChI is InChI=1S/C20H25ClFN3O4/c1-10-19(23-9-29-10)20(27)25-17-7-16(12-3-4-13(12)17)24-18(26)8-28-11-2-5-14(21)15(22)6-11/h2,5-6,10,12-13,16-17,19,23H,3-4,7-9H2,1H3,(H,24,26)(H,25,27)/t10?,12?,13?,16-,17?,19?/m0/s1. The van der Waals surface area contributed by atoms with Crippen LogP contribution in [0.2, 0.25) is 5.02 Å².